The van der Waals surface area contributed by atoms with Crippen molar-refractivity contribution in [2.45, 2.75) is 13.0 Å². The van der Waals surface area contributed by atoms with Gasteiger partial charge in [0.15, 0.2) is 0 Å². The summed E-state index contributed by atoms with van der Waals surface area (Å²) in [6, 6.07) is 18.9. The van der Waals surface area contributed by atoms with Gasteiger partial charge in [0.2, 0.25) is 0 Å². The minimum atomic E-state index is 0.872. The van der Waals surface area contributed by atoms with E-state index in [0.29, 0.717) is 0 Å². The Balaban J connectivity index is 1.81. The molecule has 0 amide bonds. The third-order valence-corrected chi connectivity index (χ3v) is 3.17. The molecule has 0 aliphatic carbocycles. The van der Waals surface area contributed by atoms with Gasteiger partial charge in [0.1, 0.15) is 0 Å². The van der Waals surface area contributed by atoms with E-state index in [1.54, 1.807) is 0 Å². The van der Waals surface area contributed by atoms with Gasteiger partial charge in [0.25, 0.3) is 0 Å². The molecule has 20 heavy (non-hydrogen) atoms. The van der Waals surface area contributed by atoms with E-state index in [4.69, 9.17) is 0 Å². The van der Waals surface area contributed by atoms with Gasteiger partial charge < -0.3 is 5.32 Å². The maximum absolute atomic E-state index is 3.81. The molecule has 2 aromatic carbocycles. The highest BCUT2D eigenvalue weighted by atomic mass is 14.8. The topological polar surface area (TPSA) is 12.0 Å². The van der Waals surface area contributed by atoms with Gasteiger partial charge in [-0.1, -0.05) is 72.8 Å². The minimum absolute atomic E-state index is 0.872. The second-order valence-corrected chi connectivity index (χ2v) is 4.71. The number of rotatable bonds is 7. The van der Waals surface area contributed by atoms with Crippen LogP contribution in [0.5, 0.6) is 0 Å². The molecule has 0 radical (unpaired) electrons. The van der Waals surface area contributed by atoms with Gasteiger partial charge in [-0.3, -0.25) is 0 Å². The zero-order chi connectivity index (χ0) is 14.0. The van der Waals surface area contributed by atoms with Gasteiger partial charge >= 0.3 is 0 Å². The summed E-state index contributed by atoms with van der Waals surface area (Å²) in [6.07, 6.45) is 7.18. The quantitative estimate of drug-likeness (QED) is 0.582. The Bertz CT molecular complexity index is 555. The number of allylic oxidation sites excluding steroid dienone is 1. The molecular weight excluding hydrogens is 242 g/mol. The Morgan fingerprint density at radius 3 is 2.35 bits per heavy atom. The first kappa shape index (κ1) is 14.3. The molecule has 1 heteroatoms. The lowest BCUT2D eigenvalue weighted by Crippen LogP contribution is -2.14. The van der Waals surface area contributed by atoms with Crippen molar-refractivity contribution in [2.24, 2.45) is 0 Å². The zero-order valence-corrected chi connectivity index (χ0v) is 11.8. The molecule has 0 saturated carbocycles. The summed E-state index contributed by atoms with van der Waals surface area (Å²) >= 11 is 0. The Morgan fingerprint density at radius 1 is 0.900 bits per heavy atom. The van der Waals surface area contributed by atoms with Crippen molar-refractivity contribution in [2.75, 3.05) is 6.54 Å². The van der Waals surface area contributed by atoms with E-state index in [0.717, 1.165) is 19.5 Å². The summed E-state index contributed by atoms with van der Waals surface area (Å²) in [5, 5.41) is 3.45. The van der Waals surface area contributed by atoms with Gasteiger partial charge in [-0.05, 0) is 23.1 Å². The zero-order valence-electron chi connectivity index (χ0n) is 11.8. The molecule has 0 saturated heterocycles. The Kier molecular flexibility index (Phi) is 5.81. The molecule has 0 heterocycles. The van der Waals surface area contributed by atoms with Crippen molar-refractivity contribution >= 4 is 6.08 Å². The second-order valence-electron chi connectivity index (χ2n) is 4.71. The van der Waals surface area contributed by atoms with Crippen LogP contribution in [-0.2, 0) is 13.0 Å². The molecule has 102 valence electrons. The molecule has 0 spiro atoms. The lowest BCUT2D eigenvalue weighted by Gasteiger charge is -2.07. The fourth-order valence-electron chi connectivity index (χ4n) is 2.13. The maximum atomic E-state index is 3.81. The molecule has 0 fully saturated rings. The van der Waals surface area contributed by atoms with Gasteiger partial charge in [0.05, 0.1) is 0 Å². The highest BCUT2D eigenvalue weighted by Crippen LogP contribution is 2.09. The standard InChI is InChI=1S/C19H21N/c1-2-9-18-13-6-7-14-19(18)16-20-15-8-12-17-10-4-3-5-11-17/h2-8,10-14,20H,1,9,15-16H2/b12-8+. The summed E-state index contributed by atoms with van der Waals surface area (Å²) < 4.78 is 0. The summed E-state index contributed by atoms with van der Waals surface area (Å²) in [6.45, 7) is 5.57. The van der Waals surface area contributed by atoms with Crippen molar-refractivity contribution in [3.8, 4) is 0 Å². The number of hydrogen-bond acceptors (Lipinski definition) is 1. The van der Waals surface area contributed by atoms with E-state index in [9.17, 15) is 0 Å². The van der Waals surface area contributed by atoms with E-state index in [1.165, 1.54) is 16.7 Å². The summed E-state index contributed by atoms with van der Waals surface area (Å²) in [7, 11) is 0. The van der Waals surface area contributed by atoms with Crippen LogP contribution < -0.4 is 5.32 Å². The first-order valence-corrected chi connectivity index (χ1v) is 7.00. The van der Waals surface area contributed by atoms with E-state index in [2.05, 4.69) is 72.6 Å². The van der Waals surface area contributed by atoms with Crippen LogP contribution in [0.1, 0.15) is 16.7 Å². The third-order valence-electron chi connectivity index (χ3n) is 3.17. The summed E-state index contributed by atoms with van der Waals surface area (Å²) in [5.74, 6) is 0. The van der Waals surface area contributed by atoms with Crippen molar-refractivity contribution in [1.82, 2.24) is 5.32 Å². The predicted octanol–water partition coefficient (Wildman–Crippen LogP) is 4.22. The van der Waals surface area contributed by atoms with Crippen LogP contribution in [-0.4, -0.2) is 6.54 Å². The summed E-state index contributed by atoms with van der Waals surface area (Å²) in [4.78, 5) is 0. The Labute approximate surface area is 121 Å². The van der Waals surface area contributed by atoms with Crippen molar-refractivity contribution < 1.29 is 0 Å². The fraction of sp³-hybridized carbons (Fsp3) is 0.158. The van der Waals surface area contributed by atoms with Crippen LogP contribution in [0.3, 0.4) is 0 Å². The van der Waals surface area contributed by atoms with Crippen LogP contribution in [0.25, 0.3) is 6.08 Å². The maximum Gasteiger partial charge on any atom is 0.0211 e. The lowest BCUT2D eigenvalue weighted by molar-refractivity contribution is 0.755. The molecule has 0 unspecified atom stereocenters. The van der Waals surface area contributed by atoms with Gasteiger partial charge in [-0.2, -0.15) is 0 Å². The third kappa shape index (κ3) is 4.52. The average Bonchev–Trinajstić information content (AvgIpc) is 2.50. The monoisotopic (exact) mass is 263 g/mol. The van der Waals surface area contributed by atoms with Crippen LogP contribution in [0.2, 0.25) is 0 Å². The fourth-order valence-corrected chi connectivity index (χ4v) is 2.13. The molecule has 0 atom stereocenters. The van der Waals surface area contributed by atoms with Gasteiger partial charge in [-0.25, -0.2) is 0 Å². The van der Waals surface area contributed by atoms with Crippen LogP contribution in [0.15, 0.2) is 73.3 Å². The first-order chi connectivity index (χ1) is 9.90. The highest BCUT2D eigenvalue weighted by Gasteiger charge is 1.98. The van der Waals surface area contributed by atoms with E-state index >= 15 is 0 Å². The second kappa shape index (κ2) is 8.13. The molecule has 2 rings (SSSR count). The molecule has 2 aromatic rings. The molecule has 1 nitrogen and oxygen atoms in total. The predicted molar refractivity (Wildman–Crippen MR) is 87.5 cm³/mol. The van der Waals surface area contributed by atoms with E-state index in [1.807, 2.05) is 12.1 Å². The van der Waals surface area contributed by atoms with E-state index in [-0.39, 0.29) is 0 Å². The smallest absolute Gasteiger partial charge is 0.0211 e. The largest absolute Gasteiger partial charge is 0.309 e. The first-order valence-electron chi connectivity index (χ1n) is 7.00. The van der Waals surface area contributed by atoms with E-state index < -0.39 is 0 Å². The van der Waals surface area contributed by atoms with Crippen molar-refractivity contribution in [3.63, 3.8) is 0 Å². The molecule has 0 aliphatic heterocycles. The average molecular weight is 263 g/mol. The minimum Gasteiger partial charge on any atom is -0.309 e. The molecule has 1 N–H and O–H groups in total. The number of benzene rings is 2. The lowest BCUT2D eigenvalue weighted by atomic mass is 10.0. The Morgan fingerprint density at radius 2 is 1.60 bits per heavy atom. The molecule has 0 aliphatic rings. The van der Waals surface area contributed by atoms with Gasteiger partial charge in [0, 0.05) is 13.1 Å². The molecule has 0 aromatic heterocycles. The summed E-state index contributed by atoms with van der Waals surface area (Å²) in [5.41, 5.74) is 3.93. The van der Waals surface area contributed by atoms with Crippen LogP contribution >= 0.6 is 0 Å². The molecular formula is C19H21N. The van der Waals surface area contributed by atoms with Crippen molar-refractivity contribution in [3.05, 3.63) is 90.0 Å². The van der Waals surface area contributed by atoms with Crippen molar-refractivity contribution in [1.29, 1.82) is 0 Å². The molecule has 0 bridgehead atoms. The number of hydrogen-bond donors (Lipinski definition) is 1. The van der Waals surface area contributed by atoms with Crippen LogP contribution in [0, 0.1) is 0 Å². The SMILES string of the molecule is C=CCc1ccccc1CNC/C=C/c1ccccc1. The number of nitrogens with one attached hydrogen (secondary N) is 1. The van der Waals surface area contributed by atoms with Gasteiger partial charge in [-0.15, -0.1) is 6.58 Å². The van der Waals surface area contributed by atoms with Crippen LogP contribution in [0.4, 0.5) is 0 Å². The highest BCUT2D eigenvalue weighted by molar-refractivity contribution is 5.48. The normalized spacial score (nSPS) is 10.8. The Hall–Kier alpha value is -2.12.